The van der Waals surface area contributed by atoms with Crippen LogP contribution in [0.4, 0.5) is 0 Å². The molecule has 0 spiro atoms. The van der Waals surface area contributed by atoms with Crippen LogP contribution < -0.4 is 21.5 Å². The van der Waals surface area contributed by atoms with Crippen LogP contribution in [-0.4, -0.2) is 146 Å². The number of carbonyl (C=O) groups excluding carboxylic acids is 2. The molecule has 2 aromatic heterocycles. The summed E-state index contributed by atoms with van der Waals surface area (Å²) in [6.45, 7) is 1.65. The van der Waals surface area contributed by atoms with Gasteiger partial charge in [-0.25, -0.2) is 4.79 Å². The maximum atomic E-state index is 11.5. The first-order valence-corrected chi connectivity index (χ1v) is 14.3. The van der Waals surface area contributed by atoms with Crippen LogP contribution in [0.1, 0.15) is 17.2 Å². The van der Waals surface area contributed by atoms with Gasteiger partial charge in [-0.1, -0.05) is 60.7 Å². The van der Waals surface area contributed by atoms with E-state index in [1.165, 1.54) is 29.8 Å². The zero-order chi connectivity index (χ0) is 35.4. The average molecular weight is 718 g/mol. The van der Waals surface area contributed by atoms with Gasteiger partial charge in [0.1, 0.15) is 30.5 Å². The quantitative estimate of drug-likeness (QED) is 0.0748. The Morgan fingerprint density at radius 1 is 0.875 bits per heavy atom. The molecule has 0 amide bonds. The minimum atomic E-state index is -2.50. The summed E-state index contributed by atoms with van der Waals surface area (Å²) in [5.41, 5.74) is 2.05. The van der Waals surface area contributed by atoms with E-state index in [0.717, 1.165) is 17.7 Å². The molecule has 18 heteroatoms. The number of aliphatic hydroxyl groups is 4. The van der Waals surface area contributed by atoms with Crippen molar-refractivity contribution in [3.8, 4) is 0 Å². The number of nitrogens with zero attached hydrogens (tertiary/aromatic N) is 4. The van der Waals surface area contributed by atoms with E-state index in [1.54, 1.807) is 0 Å². The number of aryl methyl sites for hydroxylation is 1. The fourth-order valence-corrected chi connectivity index (χ4v) is 4.12. The van der Waals surface area contributed by atoms with Gasteiger partial charge >= 0.3 is 43.4 Å². The molecular formula is C30H36CaClN5O11. The van der Waals surface area contributed by atoms with Gasteiger partial charge in [0.25, 0.3) is 5.56 Å². The molecule has 16 nitrogen and oxygen atoms in total. The second-order valence-electron chi connectivity index (χ2n) is 10.3. The number of carboxylic acid groups (broad SMARTS) is 2. The van der Waals surface area contributed by atoms with E-state index in [2.05, 4.69) is 77.5 Å². The standard InChI is InChI=1S/C17H21NO.C7H7ClN4O2.C6H10O8.Ca/c1-18(2)13-14-19-17(15-9-5-3-6-10-15)16-11-7-4-8-12-16;1-11-4-3(9-6(8)10-4)5(13)12(2)7(11)14;7-1(3(9)5(11)12)2(8)4(10)6(13)14;/h3-12,17H,13-14H2,1-2H3;1-2H3,(H,9,10);1-4,7-10H,(H,11,12)(H,13,14);/q;;;+2/p-2/t;;1-,2-,3-,4+;/m..0./s1. The number of H-pyrrole nitrogens is 1. The third-order valence-corrected chi connectivity index (χ3v) is 6.75. The van der Waals surface area contributed by atoms with Crippen molar-refractivity contribution in [2.45, 2.75) is 30.5 Å². The fraction of sp³-hybridized carbons (Fsp3) is 0.367. The normalized spacial score (nSPS) is 13.3. The van der Waals surface area contributed by atoms with Gasteiger partial charge in [-0.15, -0.1) is 0 Å². The third-order valence-electron chi connectivity index (χ3n) is 6.57. The average Bonchev–Trinajstić information content (AvgIpc) is 3.46. The van der Waals surface area contributed by atoms with Gasteiger partial charge in [0.2, 0.25) is 5.28 Å². The van der Waals surface area contributed by atoms with Crippen LogP contribution in [0.25, 0.3) is 11.2 Å². The van der Waals surface area contributed by atoms with Crippen molar-refractivity contribution in [1.82, 2.24) is 24.0 Å². The van der Waals surface area contributed by atoms with Gasteiger partial charge in [0.15, 0.2) is 11.2 Å². The van der Waals surface area contributed by atoms with Crippen LogP contribution in [0.5, 0.6) is 0 Å². The first-order chi connectivity index (χ1) is 22.1. The van der Waals surface area contributed by atoms with E-state index in [9.17, 15) is 29.4 Å². The molecular weight excluding hydrogens is 682 g/mol. The molecule has 48 heavy (non-hydrogen) atoms. The minimum Gasteiger partial charge on any atom is -0.547 e. The van der Waals surface area contributed by atoms with Crippen LogP contribution in [0.15, 0.2) is 70.3 Å². The Morgan fingerprint density at radius 3 is 1.71 bits per heavy atom. The number of carboxylic acids is 2. The first-order valence-electron chi connectivity index (χ1n) is 13.9. The van der Waals surface area contributed by atoms with E-state index in [-0.39, 0.29) is 60.3 Å². The van der Waals surface area contributed by atoms with E-state index >= 15 is 0 Å². The number of aliphatic carboxylic acids is 2. The molecule has 0 fully saturated rings. The summed E-state index contributed by atoms with van der Waals surface area (Å²) >= 11 is 5.60. The zero-order valence-electron chi connectivity index (χ0n) is 26.6. The second-order valence-corrected chi connectivity index (χ2v) is 10.7. The molecule has 256 valence electrons. The number of likely N-dealkylation sites (N-methyl/N-ethyl adjacent to an activating group) is 1. The van der Waals surface area contributed by atoms with Crippen LogP contribution >= 0.6 is 11.6 Å². The van der Waals surface area contributed by atoms with Crippen LogP contribution in [0.2, 0.25) is 5.28 Å². The molecule has 2 heterocycles. The van der Waals surface area contributed by atoms with Gasteiger partial charge < -0.3 is 54.8 Å². The largest absolute Gasteiger partial charge is 2.00 e. The van der Waals surface area contributed by atoms with E-state index in [1.807, 2.05) is 12.1 Å². The van der Waals surface area contributed by atoms with Crippen LogP contribution in [0, 0.1) is 0 Å². The van der Waals surface area contributed by atoms with E-state index in [4.69, 9.17) is 36.8 Å². The number of aromatic nitrogens is 4. The Balaban J connectivity index is 0.000000363. The molecule has 0 saturated heterocycles. The summed E-state index contributed by atoms with van der Waals surface area (Å²) in [6, 6.07) is 20.8. The van der Waals surface area contributed by atoms with Crippen LogP contribution in [0.3, 0.4) is 0 Å². The number of fused-ring (bicyclic) bond motifs is 1. The third kappa shape index (κ3) is 12.1. The molecule has 4 atom stereocenters. The molecule has 0 unspecified atom stereocenters. The zero-order valence-corrected chi connectivity index (χ0v) is 29.6. The molecule has 0 aliphatic carbocycles. The van der Waals surface area contributed by atoms with Gasteiger partial charge in [-0.05, 0) is 36.8 Å². The van der Waals surface area contributed by atoms with Crippen molar-refractivity contribution in [2.24, 2.45) is 14.1 Å². The minimum absolute atomic E-state index is 0. The summed E-state index contributed by atoms with van der Waals surface area (Å²) in [5, 5.41) is 54.8. The topological polar surface area (TPSA) is 246 Å². The summed E-state index contributed by atoms with van der Waals surface area (Å²) in [7, 11) is 7.05. The number of aromatic amines is 1. The summed E-state index contributed by atoms with van der Waals surface area (Å²) < 4.78 is 8.34. The van der Waals surface area contributed by atoms with E-state index < -0.39 is 47.6 Å². The Labute approximate surface area is 309 Å². The summed E-state index contributed by atoms with van der Waals surface area (Å²) in [4.78, 5) is 51.5. The van der Waals surface area contributed by atoms with Crippen molar-refractivity contribution in [1.29, 1.82) is 0 Å². The molecule has 0 radical (unpaired) electrons. The summed E-state index contributed by atoms with van der Waals surface area (Å²) in [5.74, 6) is -4.22. The molecule has 4 rings (SSSR count). The number of halogens is 1. The van der Waals surface area contributed by atoms with Crippen molar-refractivity contribution in [2.75, 3.05) is 27.2 Å². The number of aliphatic hydroxyl groups excluding tert-OH is 4. The van der Waals surface area contributed by atoms with Crippen molar-refractivity contribution in [3.63, 3.8) is 0 Å². The van der Waals surface area contributed by atoms with Crippen LogP contribution in [-0.2, 0) is 28.4 Å². The molecule has 5 N–H and O–H groups in total. The van der Waals surface area contributed by atoms with Crippen molar-refractivity contribution in [3.05, 3.63) is 97.9 Å². The Morgan fingerprint density at radius 2 is 1.31 bits per heavy atom. The number of nitrogens with one attached hydrogen (secondary N) is 1. The Kier molecular flexibility index (Phi) is 18.2. The number of benzene rings is 2. The predicted molar refractivity (Wildman–Crippen MR) is 171 cm³/mol. The van der Waals surface area contributed by atoms with Crippen molar-refractivity contribution < 1.29 is 45.0 Å². The first kappa shape index (κ1) is 42.9. The molecule has 0 saturated carbocycles. The fourth-order valence-electron chi connectivity index (χ4n) is 3.94. The number of imidazole rings is 1. The van der Waals surface area contributed by atoms with Gasteiger partial charge in [-0.3, -0.25) is 13.9 Å². The maximum absolute atomic E-state index is 11.5. The molecule has 4 aromatic rings. The van der Waals surface area contributed by atoms with Gasteiger partial charge in [0, 0.05) is 20.6 Å². The second kappa shape index (κ2) is 20.4. The van der Waals surface area contributed by atoms with Crippen molar-refractivity contribution >= 4 is 72.4 Å². The number of hydrogen-bond acceptors (Lipinski definition) is 13. The smallest absolute Gasteiger partial charge is 0.547 e. The molecule has 2 aromatic carbocycles. The van der Waals surface area contributed by atoms with Gasteiger partial charge in [-0.2, -0.15) is 4.98 Å². The molecule has 0 aliphatic rings. The Bertz CT molecular complexity index is 1650. The number of hydrogen-bond donors (Lipinski definition) is 5. The maximum Gasteiger partial charge on any atom is 2.00 e. The SMILES string of the molecule is CN(C)CCOC(c1ccccc1)c1ccccc1.Cn1c(=O)c2[nH]c(Cl)nc2n(C)c1=O.O=C([O-])[C@@H](O)[C@@H](O)[C@H](O)[C@@H](O)C(=O)[O-].[Ca+2]. The monoisotopic (exact) mass is 717 g/mol. The number of rotatable bonds is 11. The number of carbonyl (C=O) groups is 2. The van der Waals surface area contributed by atoms with E-state index in [0.29, 0.717) is 0 Å². The molecule has 0 bridgehead atoms. The molecule has 0 aliphatic heterocycles. The summed E-state index contributed by atoms with van der Waals surface area (Å²) in [6.07, 6.45) is -9.75. The van der Waals surface area contributed by atoms with Gasteiger partial charge in [0.05, 0.1) is 18.5 Å². The number of ether oxygens (including phenoxy) is 1. The Hall–Kier alpha value is -3.16. The predicted octanol–water partition coefficient (Wildman–Crippen LogP) is -3.48.